The Morgan fingerprint density at radius 2 is 2.26 bits per heavy atom. The number of hydrogen-bond acceptors (Lipinski definition) is 3. The molecule has 1 aliphatic heterocycles. The van der Waals surface area contributed by atoms with Gasteiger partial charge in [-0.05, 0) is 30.5 Å². The molecule has 0 aliphatic carbocycles. The van der Waals surface area contributed by atoms with Gasteiger partial charge in [0.25, 0.3) is 0 Å². The predicted molar refractivity (Wildman–Crippen MR) is 76.3 cm³/mol. The molecule has 1 aromatic carbocycles. The molecule has 1 aromatic rings. The molecule has 0 bridgehead atoms. The minimum Gasteiger partial charge on any atom is -0.381 e. The Morgan fingerprint density at radius 1 is 1.47 bits per heavy atom. The molecular weight excluding hydrogens is 240 g/mol. The van der Waals surface area contributed by atoms with Gasteiger partial charge < -0.3 is 15.0 Å². The molecule has 1 heterocycles. The molecule has 4 heteroatoms. The number of hydrogen-bond donors (Lipinski definition) is 1. The topological polar surface area (TPSA) is 41.6 Å². The van der Waals surface area contributed by atoms with Gasteiger partial charge in [-0.3, -0.25) is 4.79 Å². The molecule has 104 valence electrons. The number of amides is 1. The second kappa shape index (κ2) is 6.06. The van der Waals surface area contributed by atoms with Crippen LogP contribution in [0.3, 0.4) is 0 Å². The summed E-state index contributed by atoms with van der Waals surface area (Å²) in [5.41, 5.74) is 3.52. The third-order valence-electron chi connectivity index (χ3n) is 3.48. The van der Waals surface area contributed by atoms with Crippen molar-refractivity contribution in [2.45, 2.75) is 19.9 Å². The van der Waals surface area contributed by atoms with Crippen molar-refractivity contribution in [1.82, 2.24) is 5.32 Å². The number of aryl methyl sites for hydroxylation is 1. The lowest BCUT2D eigenvalue weighted by Gasteiger charge is -2.19. The summed E-state index contributed by atoms with van der Waals surface area (Å²) in [5.74, 6) is 0.121. The van der Waals surface area contributed by atoms with Crippen LogP contribution in [0, 0.1) is 12.8 Å². The quantitative estimate of drug-likeness (QED) is 0.898. The van der Waals surface area contributed by atoms with E-state index in [-0.39, 0.29) is 11.8 Å². The molecule has 0 saturated carbocycles. The average molecular weight is 262 g/mol. The minimum absolute atomic E-state index is 0.0215. The van der Waals surface area contributed by atoms with Crippen LogP contribution in [-0.4, -0.2) is 33.2 Å². The molecule has 1 amide bonds. The molecule has 0 radical (unpaired) electrons. The normalized spacial score (nSPS) is 18.4. The number of nitrogens with one attached hydrogen (secondary N) is 1. The highest BCUT2D eigenvalue weighted by Crippen LogP contribution is 2.20. The van der Waals surface area contributed by atoms with Gasteiger partial charge in [0.2, 0.25) is 5.91 Å². The van der Waals surface area contributed by atoms with Crippen LogP contribution in [-0.2, 0) is 16.1 Å². The number of carbonyl (C=O) groups excluding carboxylic acids is 1. The number of ether oxygens (including phenoxy) is 1. The summed E-state index contributed by atoms with van der Waals surface area (Å²) in [6, 6.07) is 6.30. The summed E-state index contributed by atoms with van der Waals surface area (Å²) >= 11 is 0. The first-order chi connectivity index (χ1) is 9.08. The van der Waals surface area contributed by atoms with E-state index in [4.69, 9.17) is 4.74 Å². The van der Waals surface area contributed by atoms with Crippen molar-refractivity contribution in [3.8, 4) is 0 Å². The zero-order chi connectivity index (χ0) is 13.8. The van der Waals surface area contributed by atoms with Crippen molar-refractivity contribution >= 4 is 11.6 Å². The van der Waals surface area contributed by atoms with Crippen LogP contribution in [0.5, 0.6) is 0 Å². The van der Waals surface area contributed by atoms with Gasteiger partial charge in [-0.2, -0.15) is 0 Å². The fraction of sp³-hybridized carbons (Fsp3) is 0.533. The van der Waals surface area contributed by atoms with Crippen molar-refractivity contribution in [2.24, 2.45) is 5.92 Å². The van der Waals surface area contributed by atoms with E-state index < -0.39 is 0 Å². The van der Waals surface area contributed by atoms with Gasteiger partial charge in [0.15, 0.2) is 0 Å². The minimum atomic E-state index is 0.0215. The standard InChI is InChI=1S/C15H22N2O2/c1-11-4-5-12(14(8-11)17(2)3)9-16-15(18)13-6-7-19-10-13/h4-5,8,13H,6-7,9-10H2,1-3H3,(H,16,18). The molecule has 0 spiro atoms. The summed E-state index contributed by atoms with van der Waals surface area (Å²) < 4.78 is 5.24. The highest BCUT2D eigenvalue weighted by Gasteiger charge is 2.23. The molecule has 2 rings (SSSR count). The summed E-state index contributed by atoms with van der Waals surface area (Å²) in [4.78, 5) is 14.0. The summed E-state index contributed by atoms with van der Waals surface area (Å²) in [7, 11) is 4.04. The molecule has 0 aromatic heterocycles. The Hall–Kier alpha value is -1.55. The average Bonchev–Trinajstić information content (AvgIpc) is 2.90. The van der Waals surface area contributed by atoms with Crippen molar-refractivity contribution in [2.75, 3.05) is 32.2 Å². The Kier molecular flexibility index (Phi) is 4.43. The van der Waals surface area contributed by atoms with E-state index >= 15 is 0 Å². The van der Waals surface area contributed by atoms with E-state index in [1.165, 1.54) is 5.56 Å². The van der Waals surface area contributed by atoms with Crippen LogP contribution >= 0.6 is 0 Å². The third kappa shape index (κ3) is 3.47. The zero-order valence-corrected chi connectivity index (χ0v) is 11.9. The summed E-state index contributed by atoms with van der Waals surface area (Å²) in [5, 5.41) is 3.01. The number of rotatable bonds is 4. The van der Waals surface area contributed by atoms with Gasteiger partial charge in [0.05, 0.1) is 12.5 Å². The Bertz CT molecular complexity index is 451. The number of anilines is 1. The maximum Gasteiger partial charge on any atom is 0.225 e. The molecule has 19 heavy (non-hydrogen) atoms. The largest absolute Gasteiger partial charge is 0.381 e. The van der Waals surface area contributed by atoms with E-state index in [1.807, 2.05) is 14.1 Å². The van der Waals surface area contributed by atoms with Gasteiger partial charge in [-0.15, -0.1) is 0 Å². The Labute approximate surface area is 114 Å². The highest BCUT2D eigenvalue weighted by molar-refractivity contribution is 5.79. The van der Waals surface area contributed by atoms with Crippen LogP contribution in [0.15, 0.2) is 18.2 Å². The lowest BCUT2D eigenvalue weighted by molar-refractivity contribution is -0.125. The maximum atomic E-state index is 12.0. The van der Waals surface area contributed by atoms with E-state index in [0.29, 0.717) is 19.8 Å². The first-order valence-electron chi connectivity index (χ1n) is 6.70. The molecule has 1 unspecified atom stereocenters. The van der Waals surface area contributed by atoms with Gasteiger partial charge in [0, 0.05) is 32.9 Å². The Balaban J connectivity index is 2.00. The second-order valence-corrected chi connectivity index (χ2v) is 5.30. The van der Waals surface area contributed by atoms with Gasteiger partial charge >= 0.3 is 0 Å². The summed E-state index contributed by atoms with van der Waals surface area (Å²) in [6.07, 6.45) is 0.834. The van der Waals surface area contributed by atoms with Gasteiger partial charge in [0.1, 0.15) is 0 Å². The molecule has 1 saturated heterocycles. The van der Waals surface area contributed by atoms with Gasteiger partial charge in [-0.1, -0.05) is 12.1 Å². The monoisotopic (exact) mass is 262 g/mol. The Morgan fingerprint density at radius 3 is 2.89 bits per heavy atom. The van der Waals surface area contributed by atoms with Crippen LogP contribution in [0.1, 0.15) is 17.5 Å². The fourth-order valence-electron chi connectivity index (χ4n) is 2.31. The first-order valence-corrected chi connectivity index (χ1v) is 6.70. The SMILES string of the molecule is Cc1ccc(CNC(=O)C2CCOC2)c(N(C)C)c1. The third-order valence-corrected chi connectivity index (χ3v) is 3.48. The lowest BCUT2D eigenvalue weighted by Crippen LogP contribution is -2.31. The smallest absolute Gasteiger partial charge is 0.225 e. The molecule has 1 atom stereocenters. The van der Waals surface area contributed by atoms with Crippen LogP contribution in [0.2, 0.25) is 0 Å². The van der Waals surface area contributed by atoms with Crippen molar-refractivity contribution in [1.29, 1.82) is 0 Å². The fourth-order valence-corrected chi connectivity index (χ4v) is 2.31. The van der Waals surface area contributed by atoms with Crippen LogP contribution < -0.4 is 10.2 Å². The lowest BCUT2D eigenvalue weighted by atomic mass is 10.1. The van der Waals surface area contributed by atoms with Gasteiger partial charge in [-0.25, -0.2) is 0 Å². The van der Waals surface area contributed by atoms with Crippen molar-refractivity contribution in [3.05, 3.63) is 29.3 Å². The maximum absolute atomic E-state index is 12.0. The van der Waals surface area contributed by atoms with E-state index in [2.05, 4.69) is 35.3 Å². The molecule has 1 fully saturated rings. The van der Waals surface area contributed by atoms with Crippen LogP contribution in [0.25, 0.3) is 0 Å². The first kappa shape index (κ1) is 13.9. The predicted octanol–water partition coefficient (Wildman–Crippen LogP) is 1.71. The van der Waals surface area contributed by atoms with E-state index in [0.717, 1.165) is 17.7 Å². The number of carbonyl (C=O) groups is 1. The van der Waals surface area contributed by atoms with E-state index in [1.54, 1.807) is 0 Å². The number of benzene rings is 1. The van der Waals surface area contributed by atoms with Crippen molar-refractivity contribution < 1.29 is 9.53 Å². The highest BCUT2D eigenvalue weighted by atomic mass is 16.5. The molecule has 1 aliphatic rings. The molecular formula is C15H22N2O2. The van der Waals surface area contributed by atoms with E-state index in [9.17, 15) is 4.79 Å². The molecule has 4 nitrogen and oxygen atoms in total. The zero-order valence-electron chi connectivity index (χ0n) is 11.9. The summed E-state index contributed by atoms with van der Waals surface area (Å²) in [6.45, 7) is 3.90. The number of nitrogens with zero attached hydrogens (tertiary/aromatic N) is 1. The van der Waals surface area contributed by atoms with Crippen molar-refractivity contribution in [3.63, 3.8) is 0 Å². The second-order valence-electron chi connectivity index (χ2n) is 5.30. The molecule has 1 N–H and O–H groups in total. The van der Waals surface area contributed by atoms with Crippen LogP contribution in [0.4, 0.5) is 5.69 Å².